The second-order valence-corrected chi connectivity index (χ2v) is 4.29. The van der Waals surface area contributed by atoms with Crippen molar-refractivity contribution >= 4 is 5.91 Å². The predicted molar refractivity (Wildman–Crippen MR) is 68.2 cm³/mol. The van der Waals surface area contributed by atoms with Crippen LogP contribution in [0.1, 0.15) is 33.6 Å². The first kappa shape index (κ1) is 15.9. The zero-order valence-electron chi connectivity index (χ0n) is 10.8. The first-order valence-electron chi connectivity index (χ1n) is 5.83. The molecule has 0 aromatic heterocycles. The number of carbonyl (C=O) groups excluding carboxylic acids is 1. The van der Waals surface area contributed by atoms with E-state index < -0.39 is 17.9 Å². The molecule has 4 nitrogen and oxygen atoms in total. The molecule has 0 heterocycles. The number of amides is 1. The van der Waals surface area contributed by atoms with E-state index in [1.54, 1.807) is 6.92 Å². The standard InChI is InChI=1S/C13H23NO3/c1-4-9(2)7-11(8-15)5-6-12(16)10(3)13(14)17/h4,7,10,12,15-16H,5-6,8H2,1-3H3,(H2,14,17)/b9-4-,11-7-/t10-,12+/m1/s1. The zero-order chi connectivity index (χ0) is 13.4. The fourth-order valence-electron chi connectivity index (χ4n) is 1.38. The Morgan fingerprint density at radius 1 is 1.47 bits per heavy atom. The lowest BCUT2D eigenvalue weighted by Gasteiger charge is -2.16. The van der Waals surface area contributed by atoms with Gasteiger partial charge in [-0.25, -0.2) is 0 Å². The Bertz CT molecular complexity index is 308. The average molecular weight is 241 g/mol. The topological polar surface area (TPSA) is 83.6 Å². The molecule has 98 valence electrons. The lowest BCUT2D eigenvalue weighted by Crippen LogP contribution is -2.31. The highest BCUT2D eigenvalue weighted by molar-refractivity contribution is 5.76. The van der Waals surface area contributed by atoms with Crippen molar-refractivity contribution in [3.05, 3.63) is 23.3 Å². The minimum absolute atomic E-state index is 0.0388. The molecule has 0 aromatic rings. The molecule has 0 saturated carbocycles. The number of primary amides is 1. The number of rotatable bonds is 7. The van der Waals surface area contributed by atoms with Gasteiger partial charge in [0.25, 0.3) is 0 Å². The molecular formula is C13H23NO3. The first-order valence-corrected chi connectivity index (χ1v) is 5.83. The van der Waals surface area contributed by atoms with Gasteiger partial charge in [0.1, 0.15) is 0 Å². The Hall–Kier alpha value is -1.13. The van der Waals surface area contributed by atoms with Crippen molar-refractivity contribution in [2.45, 2.75) is 39.7 Å². The van der Waals surface area contributed by atoms with Crippen molar-refractivity contribution in [3.63, 3.8) is 0 Å². The third-order valence-electron chi connectivity index (χ3n) is 2.88. The van der Waals surface area contributed by atoms with E-state index >= 15 is 0 Å². The molecule has 0 bridgehead atoms. The summed E-state index contributed by atoms with van der Waals surface area (Å²) in [5.74, 6) is -1.06. The lowest BCUT2D eigenvalue weighted by atomic mass is 9.97. The molecule has 0 unspecified atom stereocenters. The highest BCUT2D eigenvalue weighted by Crippen LogP contribution is 2.14. The summed E-state index contributed by atoms with van der Waals surface area (Å²) in [6.45, 7) is 5.43. The molecule has 0 rings (SSSR count). The van der Waals surface area contributed by atoms with Crippen LogP contribution in [-0.4, -0.2) is 28.8 Å². The maximum absolute atomic E-state index is 10.9. The highest BCUT2D eigenvalue weighted by Gasteiger charge is 2.19. The number of aliphatic hydroxyl groups is 2. The van der Waals surface area contributed by atoms with Crippen molar-refractivity contribution in [2.75, 3.05) is 6.61 Å². The van der Waals surface area contributed by atoms with Crippen LogP contribution >= 0.6 is 0 Å². The summed E-state index contributed by atoms with van der Waals surface area (Å²) in [5.41, 5.74) is 7.01. The maximum atomic E-state index is 10.9. The number of nitrogens with two attached hydrogens (primary N) is 1. The Labute approximate surface area is 103 Å². The number of aliphatic hydroxyl groups excluding tert-OH is 2. The van der Waals surface area contributed by atoms with E-state index in [0.29, 0.717) is 12.8 Å². The summed E-state index contributed by atoms with van der Waals surface area (Å²) in [7, 11) is 0. The SMILES string of the molecule is C/C=C(C)\C=C(/CO)CC[C@H](O)[C@@H](C)C(N)=O. The molecule has 0 saturated heterocycles. The summed E-state index contributed by atoms with van der Waals surface area (Å²) >= 11 is 0. The van der Waals surface area contributed by atoms with Crippen LogP contribution in [0.25, 0.3) is 0 Å². The van der Waals surface area contributed by atoms with Crippen LogP contribution < -0.4 is 5.73 Å². The van der Waals surface area contributed by atoms with Gasteiger partial charge in [0.15, 0.2) is 0 Å². The van der Waals surface area contributed by atoms with Crippen LogP contribution in [0, 0.1) is 5.92 Å². The van der Waals surface area contributed by atoms with Crippen LogP contribution in [-0.2, 0) is 4.79 Å². The third kappa shape index (κ3) is 6.24. The van der Waals surface area contributed by atoms with Gasteiger partial charge in [0, 0.05) is 0 Å². The molecule has 4 heteroatoms. The van der Waals surface area contributed by atoms with E-state index in [2.05, 4.69) is 0 Å². The fraction of sp³-hybridized carbons (Fsp3) is 0.615. The smallest absolute Gasteiger partial charge is 0.222 e. The molecule has 0 aliphatic carbocycles. The van der Waals surface area contributed by atoms with E-state index in [9.17, 15) is 9.90 Å². The van der Waals surface area contributed by atoms with Crippen molar-refractivity contribution in [1.82, 2.24) is 0 Å². The van der Waals surface area contributed by atoms with Gasteiger partial charge in [0.05, 0.1) is 18.6 Å². The van der Waals surface area contributed by atoms with E-state index in [0.717, 1.165) is 11.1 Å². The van der Waals surface area contributed by atoms with E-state index in [-0.39, 0.29) is 6.61 Å². The van der Waals surface area contributed by atoms with Crippen LogP contribution in [0.2, 0.25) is 0 Å². The van der Waals surface area contributed by atoms with Gasteiger partial charge in [0.2, 0.25) is 5.91 Å². The minimum atomic E-state index is -0.756. The Kier molecular flexibility index (Phi) is 7.50. The zero-order valence-corrected chi connectivity index (χ0v) is 10.8. The normalized spacial score (nSPS) is 16.8. The second kappa shape index (κ2) is 8.03. The van der Waals surface area contributed by atoms with Gasteiger partial charge in [-0.15, -0.1) is 0 Å². The number of hydrogen-bond acceptors (Lipinski definition) is 3. The first-order chi connectivity index (χ1) is 7.92. The molecule has 0 aliphatic rings. The van der Waals surface area contributed by atoms with Gasteiger partial charge >= 0.3 is 0 Å². The predicted octanol–water partition coefficient (Wildman–Crippen LogP) is 1.13. The van der Waals surface area contributed by atoms with Crippen LogP contribution in [0.15, 0.2) is 23.3 Å². The average Bonchev–Trinajstić information content (AvgIpc) is 2.32. The van der Waals surface area contributed by atoms with Gasteiger partial charge < -0.3 is 15.9 Å². The van der Waals surface area contributed by atoms with Gasteiger partial charge in [-0.2, -0.15) is 0 Å². The van der Waals surface area contributed by atoms with Crippen molar-refractivity contribution in [2.24, 2.45) is 11.7 Å². The number of allylic oxidation sites excluding steroid dienone is 3. The monoisotopic (exact) mass is 241 g/mol. The molecule has 0 fully saturated rings. The van der Waals surface area contributed by atoms with Crippen molar-refractivity contribution in [3.8, 4) is 0 Å². The summed E-state index contributed by atoms with van der Waals surface area (Å²) < 4.78 is 0. The highest BCUT2D eigenvalue weighted by atomic mass is 16.3. The van der Waals surface area contributed by atoms with Gasteiger partial charge in [-0.1, -0.05) is 24.6 Å². The van der Waals surface area contributed by atoms with Crippen LogP contribution in [0.4, 0.5) is 0 Å². The molecule has 0 aliphatic heterocycles. The van der Waals surface area contributed by atoms with Crippen LogP contribution in [0.3, 0.4) is 0 Å². The largest absolute Gasteiger partial charge is 0.392 e. The Balaban J connectivity index is 4.34. The van der Waals surface area contributed by atoms with Gasteiger partial charge in [-0.3, -0.25) is 4.79 Å². The summed E-state index contributed by atoms with van der Waals surface area (Å²) in [6, 6.07) is 0. The Morgan fingerprint density at radius 3 is 2.47 bits per heavy atom. The number of carbonyl (C=O) groups is 1. The summed E-state index contributed by atoms with van der Waals surface area (Å²) in [5, 5.41) is 18.9. The number of hydrogen-bond donors (Lipinski definition) is 3. The Morgan fingerprint density at radius 2 is 2.06 bits per heavy atom. The van der Waals surface area contributed by atoms with E-state index in [1.807, 2.05) is 26.0 Å². The molecule has 0 radical (unpaired) electrons. The van der Waals surface area contributed by atoms with E-state index in [4.69, 9.17) is 10.8 Å². The molecule has 2 atom stereocenters. The minimum Gasteiger partial charge on any atom is -0.392 e. The summed E-state index contributed by atoms with van der Waals surface area (Å²) in [6.07, 6.45) is 4.06. The lowest BCUT2D eigenvalue weighted by molar-refractivity contribution is -0.124. The van der Waals surface area contributed by atoms with Gasteiger partial charge in [-0.05, 0) is 32.3 Å². The summed E-state index contributed by atoms with van der Waals surface area (Å²) in [4.78, 5) is 10.9. The third-order valence-corrected chi connectivity index (χ3v) is 2.88. The van der Waals surface area contributed by atoms with Crippen molar-refractivity contribution < 1.29 is 15.0 Å². The molecule has 4 N–H and O–H groups in total. The molecule has 0 spiro atoms. The quantitative estimate of drug-likeness (QED) is 0.584. The van der Waals surface area contributed by atoms with Crippen molar-refractivity contribution in [1.29, 1.82) is 0 Å². The molecule has 0 aromatic carbocycles. The maximum Gasteiger partial charge on any atom is 0.222 e. The fourth-order valence-corrected chi connectivity index (χ4v) is 1.38. The van der Waals surface area contributed by atoms with E-state index in [1.165, 1.54) is 0 Å². The van der Waals surface area contributed by atoms with Crippen LogP contribution in [0.5, 0.6) is 0 Å². The molecule has 17 heavy (non-hydrogen) atoms. The molecular weight excluding hydrogens is 218 g/mol. The second-order valence-electron chi connectivity index (χ2n) is 4.29. The molecule has 1 amide bonds.